The van der Waals surface area contributed by atoms with E-state index in [1.165, 1.54) is 11.8 Å². The second kappa shape index (κ2) is 8.34. The molecule has 4 atom stereocenters. The van der Waals surface area contributed by atoms with Gasteiger partial charge in [-0.1, -0.05) is 35.5 Å². The number of rotatable bonds is 3. The van der Waals surface area contributed by atoms with E-state index in [1.807, 2.05) is 25.2 Å². The number of amidine groups is 1. The molecule has 0 saturated carbocycles. The number of aliphatic imine (C=N–C) groups is 3. The molecule has 3 N–H and O–H groups in total. The third kappa shape index (κ3) is 4.15. The first-order valence-corrected chi connectivity index (χ1v) is 11.6. The van der Waals surface area contributed by atoms with Gasteiger partial charge in [-0.25, -0.2) is 15.0 Å². The lowest BCUT2D eigenvalue weighted by Crippen LogP contribution is -2.47. The van der Waals surface area contributed by atoms with Gasteiger partial charge in [0, 0.05) is 19.0 Å². The van der Waals surface area contributed by atoms with Gasteiger partial charge >= 0.3 is 0 Å². The quantitative estimate of drug-likeness (QED) is 0.596. The molecule has 4 aliphatic rings. The van der Waals surface area contributed by atoms with Gasteiger partial charge < -0.3 is 10.1 Å². The Morgan fingerprint density at radius 1 is 1.45 bits per heavy atom. The fraction of sp³-hybridized carbons (Fsp3) is 0.400. The fourth-order valence-electron chi connectivity index (χ4n) is 3.97. The molecule has 0 spiro atoms. The van der Waals surface area contributed by atoms with E-state index in [0.717, 1.165) is 12.2 Å². The molecule has 4 heterocycles. The number of hydrogen-bond donors (Lipinski definition) is 3. The van der Waals surface area contributed by atoms with Gasteiger partial charge in [-0.2, -0.15) is 10.2 Å². The van der Waals surface area contributed by atoms with Crippen LogP contribution in [0.2, 0.25) is 5.02 Å². The molecule has 4 unspecified atom stereocenters. The molecule has 172 valence electrons. The molecule has 13 heteroatoms. The van der Waals surface area contributed by atoms with E-state index < -0.39 is 17.5 Å². The number of thioether (sulfide) groups is 1. The summed E-state index contributed by atoms with van der Waals surface area (Å²) >= 11 is 7.80. The number of carbonyl (C=O) groups is 1. The predicted molar refractivity (Wildman–Crippen MR) is 128 cm³/mol. The molecule has 0 aromatic carbocycles. The Kier molecular flexibility index (Phi) is 5.49. The van der Waals surface area contributed by atoms with Gasteiger partial charge in [0.05, 0.1) is 10.6 Å². The van der Waals surface area contributed by atoms with Crippen LogP contribution < -0.4 is 16.1 Å². The summed E-state index contributed by atoms with van der Waals surface area (Å²) < 4.78 is 7.48. The molecule has 1 aliphatic carbocycles. The molecule has 0 radical (unpaired) electrons. The highest BCUT2D eigenvalue weighted by Gasteiger charge is 2.41. The highest BCUT2D eigenvalue weighted by atomic mass is 35.5. The van der Waals surface area contributed by atoms with Gasteiger partial charge in [0.25, 0.3) is 6.02 Å². The monoisotopic (exact) mass is 487 g/mol. The van der Waals surface area contributed by atoms with E-state index in [4.69, 9.17) is 21.3 Å². The Morgan fingerprint density at radius 2 is 2.30 bits per heavy atom. The van der Waals surface area contributed by atoms with Crippen LogP contribution in [0.5, 0.6) is 0 Å². The number of allylic oxidation sites excluding steroid dienone is 2. The summed E-state index contributed by atoms with van der Waals surface area (Å²) in [7, 11) is 1.76. The van der Waals surface area contributed by atoms with E-state index in [0.29, 0.717) is 22.4 Å². The lowest BCUT2D eigenvalue weighted by atomic mass is 9.91. The van der Waals surface area contributed by atoms with Crippen LogP contribution in [0.4, 0.5) is 0 Å². The first-order valence-electron chi connectivity index (χ1n) is 10.3. The van der Waals surface area contributed by atoms with Gasteiger partial charge in [0.2, 0.25) is 11.9 Å². The molecule has 1 aromatic heterocycles. The molecular weight excluding hydrogens is 466 g/mol. The van der Waals surface area contributed by atoms with E-state index in [1.54, 1.807) is 30.4 Å². The summed E-state index contributed by atoms with van der Waals surface area (Å²) in [5.74, 6) is 0.0689. The summed E-state index contributed by atoms with van der Waals surface area (Å²) in [4.78, 5) is 27.1. The molecule has 5 rings (SSSR count). The van der Waals surface area contributed by atoms with Crippen molar-refractivity contribution in [2.75, 3.05) is 0 Å². The van der Waals surface area contributed by atoms with Crippen LogP contribution in [-0.4, -0.2) is 50.0 Å². The number of aromatic nitrogens is 2. The minimum Gasteiger partial charge on any atom is -0.428 e. The number of nitrogens with one attached hydrogen (secondary N) is 3. The third-order valence-electron chi connectivity index (χ3n) is 5.60. The zero-order valence-electron chi connectivity index (χ0n) is 18.1. The normalized spacial score (nSPS) is 29.9. The summed E-state index contributed by atoms with van der Waals surface area (Å²) in [5, 5.41) is 14.8. The zero-order chi connectivity index (χ0) is 23.2. The largest absolute Gasteiger partial charge is 0.428 e. The van der Waals surface area contributed by atoms with E-state index in [-0.39, 0.29) is 17.4 Å². The Bertz CT molecular complexity index is 1180. The average Bonchev–Trinajstić information content (AvgIpc) is 3.45. The molecule has 11 nitrogen and oxygen atoms in total. The maximum Gasteiger partial charge on any atom is 0.297 e. The van der Waals surface area contributed by atoms with Crippen LogP contribution in [0, 0.1) is 5.92 Å². The van der Waals surface area contributed by atoms with Gasteiger partial charge in [0.1, 0.15) is 29.0 Å². The summed E-state index contributed by atoms with van der Waals surface area (Å²) in [6.45, 7) is 3.78. The Balaban J connectivity index is 1.43. The van der Waals surface area contributed by atoms with Crippen molar-refractivity contribution >= 4 is 52.5 Å². The predicted octanol–water partition coefficient (Wildman–Crippen LogP) is 1.82. The first kappa shape index (κ1) is 21.7. The van der Waals surface area contributed by atoms with Crippen molar-refractivity contribution in [3.8, 4) is 0 Å². The number of fused-ring (bicyclic) bond motifs is 1. The van der Waals surface area contributed by atoms with Crippen molar-refractivity contribution in [1.82, 2.24) is 25.8 Å². The maximum absolute atomic E-state index is 13.2. The second-order valence-corrected chi connectivity index (χ2v) is 9.50. The molecular formula is C20H22ClN9O2S. The maximum atomic E-state index is 13.2. The lowest BCUT2D eigenvalue weighted by molar-refractivity contribution is -0.123. The Hall–Kier alpha value is -3.12. The number of carbonyl (C=O) groups excluding carboxylic acids is 1. The standard InChI is InChI=1S/C20H22ClN9O2S/c1-10-13(16(31)25-19-28-22-9-33-19)15(14-11(21)8-30(3)29-14)24-17(23-10)26-18-27-20(2)7-5-4-6-12(20)32-18/h4-6,8-9,13,15,19,28H,7H2,1-3H3,(H,25,31)(H,24,26,27). The Labute approximate surface area is 199 Å². The number of nitrogens with zero attached hydrogens (tertiary/aromatic N) is 6. The molecule has 3 aliphatic heterocycles. The molecule has 0 fully saturated rings. The van der Waals surface area contributed by atoms with Crippen LogP contribution in [-0.2, 0) is 16.6 Å². The summed E-state index contributed by atoms with van der Waals surface area (Å²) in [6.07, 6.45) is 8.30. The highest BCUT2D eigenvalue weighted by molar-refractivity contribution is 8.12. The van der Waals surface area contributed by atoms with Crippen LogP contribution in [0.3, 0.4) is 0 Å². The SMILES string of the molecule is CC1=NC(NC2=NC3(C)CC=CC=C3O2)=NC(c2nn(C)cc2Cl)C1C(=O)NC1NN=CS1. The minimum atomic E-state index is -0.704. The lowest BCUT2D eigenvalue weighted by Gasteiger charge is -2.27. The zero-order valence-corrected chi connectivity index (χ0v) is 19.7. The first-order chi connectivity index (χ1) is 15.8. The van der Waals surface area contributed by atoms with Crippen LogP contribution in [0.1, 0.15) is 32.0 Å². The Morgan fingerprint density at radius 3 is 3.00 bits per heavy atom. The van der Waals surface area contributed by atoms with Crippen molar-refractivity contribution in [3.63, 3.8) is 0 Å². The van der Waals surface area contributed by atoms with Gasteiger partial charge in [-0.05, 0) is 26.3 Å². The second-order valence-electron chi connectivity index (χ2n) is 8.13. The number of ether oxygens (including phenoxy) is 1. The van der Waals surface area contributed by atoms with Crippen molar-refractivity contribution in [2.24, 2.45) is 33.0 Å². The van der Waals surface area contributed by atoms with Crippen LogP contribution in [0.15, 0.2) is 50.3 Å². The number of aryl methyl sites for hydroxylation is 1. The van der Waals surface area contributed by atoms with Crippen molar-refractivity contribution < 1.29 is 9.53 Å². The van der Waals surface area contributed by atoms with Gasteiger partial charge in [0.15, 0.2) is 5.50 Å². The van der Waals surface area contributed by atoms with E-state index in [2.05, 4.69) is 36.2 Å². The molecule has 1 amide bonds. The number of guanidine groups is 1. The molecule has 33 heavy (non-hydrogen) atoms. The van der Waals surface area contributed by atoms with E-state index in [9.17, 15) is 4.79 Å². The molecule has 1 aromatic rings. The number of hydrogen-bond acceptors (Lipinski definition) is 10. The molecule has 0 saturated heterocycles. The summed E-state index contributed by atoms with van der Waals surface area (Å²) in [6, 6.07) is -0.382. The smallest absolute Gasteiger partial charge is 0.297 e. The third-order valence-corrected chi connectivity index (χ3v) is 6.61. The van der Waals surface area contributed by atoms with Crippen LogP contribution in [0.25, 0.3) is 0 Å². The van der Waals surface area contributed by atoms with Crippen molar-refractivity contribution in [3.05, 3.63) is 40.9 Å². The van der Waals surface area contributed by atoms with Crippen LogP contribution >= 0.6 is 23.4 Å². The van der Waals surface area contributed by atoms with E-state index >= 15 is 0 Å². The molecule has 0 bridgehead atoms. The topological polar surface area (TPSA) is 130 Å². The van der Waals surface area contributed by atoms with Crippen molar-refractivity contribution in [2.45, 2.75) is 37.3 Å². The van der Waals surface area contributed by atoms with Gasteiger partial charge in [-0.3, -0.25) is 20.2 Å². The fourth-order valence-corrected chi connectivity index (χ4v) is 4.81. The highest BCUT2D eigenvalue weighted by Crippen LogP contribution is 2.36. The van der Waals surface area contributed by atoms with Crippen molar-refractivity contribution in [1.29, 1.82) is 0 Å². The summed E-state index contributed by atoms with van der Waals surface area (Å²) in [5.41, 5.74) is 4.68. The number of amides is 1. The number of halogens is 1. The average molecular weight is 488 g/mol. The van der Waals surface area contributed by atoms with Gasteiger partial charge in [-0.15, -0.1) is 0 Å². The number of hydrazone groups is 1. The minimum absolute atomic E-state index is 0.259.